The number of hydrogen-bond donors (Lipinski definition) is 1. The first-order chi connectivity index (χ1) is 7.61. The molecule has 0 amide bonds. The van der Waals surface area contributed by atoms with Gasteiger partial charge in [0.15, 0.2) is 0 Å². The molecule has 0 aromatic heterocycles. The maximum Gasteiger partial charge on any atom is 0.302 e. The quantitative estimate of drug-likeness (QED) is 0.638. The predicted octanol–water partition coefficient (Wildman–Crippen LogP) is 2.13. The minimum Gasteiger partial charge on any atom is -0.465 e. The number of esters is 1. The van der Waals surface area contributed by atoms with Crippen molar-refractivity contribution in [1.29, 1.82) is 0 Å². The van der Waals surface area contributed by atoms with Crippen LogP contribution in [0.25, 0.3) is 0 Å². The van der Waals surface area contributed by atoms with Gasteiger partial charge in [0.1, 0.15) is 12.4 Å². The van der Waals surface area contributed by atoms with E-state index in [0.717, 1.165) is 0 Å². The summed E-state index contributed by atoms with van der Waals surface area (Å²) in [7, 11) is 0. The zero-order chi connectivity index (χ0) is 12.0. The molecule has 1 aromatic carbocycles. The number of carbonyl (C=O) groups is 1. The molecule has 0 aliphatic rings. The molecule has 0 fully saturated rings. The highest BCUT2D eigenvalue weighted by molar-refractivity contribution is 6.31. The van der Waals surface area contributed by atoms with Crippen LogP contribution in [0.5, 0.6) is 0 Å². The Morgan fingerprint density at radius 1 is 1.56 bits per heavy atom. The average molecular weight is 246 g/mol. The first-order valence-electron chi connectivity index (χ1n) is 4.88. The van der Waals surface area contributed by atoms with Crippen molar-refractivity contribution in [2.24, 2.45) is 0 Å². The Morgan fingerprint density at radius 3 is 2.94 bits per heavy atom. The van der Waals surface area contributed by atoms with Gasteiger partial charge in [-0.1, -0.05) is 17.7 Å². The molecule has 0 saturated heterocycles. The van der Waals surface area contributed by atoms with E-state index in [9.17, 15) is 9.18 Å². The summed E-state index contributed by atoms with van der Waals surface area (Å²) in [4.78, 5) is 10.5. The van der Waals surface area contributed by atoms with Gasteiger partial charge < -0.3 is 10.1 Å². The molecule has 0 atom stereocenters. The van der Waals surface area contributed by atoms with Crippen molar-refractivity contribution in [2.75, 3.05) is 13.2 Å². The second kappa shape index (κ2) is 6.45. The van der Waals surface area contributed by atoms with Crippen LogP contribution < -0.4 is 5.32 Å². The van der Waals surface area contributed by atoms with Crippen molar-refractivity contribution in [3.63, 3.8) is 0 Å². The standard InChI is InChI=1S/C11H13ClFNO2/c1-8(15)16-6-5-14-7-9-10(12)3-2-4-11(9)13/h2-4,14H,5-7H2,1H3. The maximum absolute atomic E-state index is 13.3. The fourth-order valence-corrected chi connectivity index (χ4v) is 1.41. The van der Waals surface area contributed by atoms with Crippen LogP contribution in [0, 0.1) is 5.82 Å². The van der Waals surface area contributed by atoms with Gasteiger partial charge in [-0.3, -0.25) is 4.79 Å². The normalized spacial score (nSPS) is 10.2. The van der Waals surface area contributed by atoms with Crippen LogP contribution in [0.4, 0.5) is 4.39 Å². The van der Waals surface area contributed by atoms with E-state index < -0.39 is 0 Å². The highest BCUT2D eigenvalue weighted by atomic mass is 35.5. The molecular formula is C11H13ClFNO2. The molecule has 5 heteroatoms. The molecule has 0 spiro atoms. The van der Waals surface area contributed by atoms with Gasteiger partial charge in [0.25, 0.3) is 0 Å². The van der Waals surface area contributed by atoms with Crippen LogP contribution in [0.2, 0.25) is 5.02 Å². The number of halogens is 2. The number of nitrogens with one attached hydrogen (secondary N) is 1. The monoisotopic (exact) mass is 245 g/mol. The van der Waals surface area contributed by atoms with Gasteiger partial charge in [0.05, 0.1) is 0 Å². The van der Waals surface area contributed by atoms with Crippen molar-refractivity contribution < 1.29 is 13.9 Å². The molecule has 0 bridgehead atoms. The van der Waals surface area contributed by atoms with Crippen LogP contribution >= 0.6 is 11.6 Å². The van der Waals surface area contributed by atoms with Crippen molar-refractivity contribution >= 4 is 17.6 Å². The molecular weight excluding hydrogens is 233 g/mol. The lowest BCUT2D eigenvalue weighted by atomic mass is 10.2. The Labute approximate surface area is 98.5 Å². The van der Waals surface area contributed by atoms with Crippen molar-refractivity contribution in [3.8, 4) is 0 Å². The lowest BCUT2D eigenvalue weighted by Crippen LogP contribution is -2.21. The molecule has 3 nitrogen and oxygen atoms in total. The van der Waals surface area contributed by atoms with Crippen LogP contribution in [-0.2, 0) is 16.1 Å². The molecule has 0 unspecified atom stereocenters. The molecule has 0 heterocycles. The Kier molecular flexibility index (Phi) is 5.22. The predicted molar refractivity (Wildman–Crippen MR) is 59.7 cm³/mol. The zero-order valence-corrected chi connectivity index (χ0v) is 9.68. The summed E-state index contributed by atoms with van der Waals surface area (Å²) >= 11 is 5.83. The topological polar surface area (TPSA) is 38.3 Å². The highest BCUT2D eigenvalue weighted by Gasteiger charge is 2.05. The van der Waals surface area contributed by atoms with E-state index in [1.165, 1.54) is 13.0 Å². The van der Waals surface area contributed by atoms with Crippen molar-refractivity contribution in [3.05, 3.63) is 34.6 Å². The van der Waals surface area contributed by atoms with E-state index in [0.29, 0.717) is 23.7 Å². The van der Waals surface area contributed by atoms with Crippen LogP contribution in [-0.4, -0.2) is 19.1 Å². The van der Waals surface area contributed by atoms with Crippen LogP contribution in [0.15, 0.2) is 18.2 Å². The fourth-order valence-electron chi connectivity index (χ4n) is 1.18. The van der Waals surface area contributed by atoms with Gasteiger partial charge in [0.2, 0.25) is 0 Å². The van der Waals surface area contributed by atoms with E-state index >= 15 is 0 Å². The van der Waals surface area contributed by atoms with Gasteiger partial charge >= 0.3 is 5.97 Å². The zero-order valence-electron chi connectivity index (χ0n) is 8.93. The van der Waals surface area contributed by atoms with E-state index in [-0.39, 0.29) is 18.4 Å². The molecule has 16 heavy (non-hydrogen) atoms. The van der Waals surface area contributed by atoms with Crippen LogP contribution in [0.1, 0.15) is 12.5 Å². The fraction of sp³-hybridized carbons (Fsp3) is 0.364. The number of carbonyl (C=O) groups excluding carboxylic acids is 1. The van der Waals surface area contributed by atoms with Gasteiger partial charge in [0, 0.05) is 30.6 Å². The highest BCUT2D eigenvalue weighted by Crippen LogP contribution is 2.18. The summed E-state index contributed by atoms with van der Waals surface area (Å²) in [5.41, 5.74) is 0.423. The van der Waals surface area contributed by atoms with E-state index in [1.807, 2.05) is 0 Å². The summed E-state index contributed by atoms with van der Waals surface area (Å²) < 4.78 is 18.0. The Bertz CT molecular complexity index is 351. The molecule has 0 saturated carbocycles. The van der Waals surface area contributed by atoms with E-state index in [2.05, 4.69) is 5.32 Å². The molecule has 0 radical (unpaired) electrons. The first-order valence-corrected chi connectivity index (χ1v) is 5.26. The van der Waals surface area contributed by atoms with Gasteiger partial charge in [-0.2, -0.15) is 0 Å². The third kappa shape index (κ3) is 4.16. The van der Waals surface area contributed by atoms with Crippen molar-refractivity contribution in [2.45, 2.75) is 13.5 Å². The summed E-state index contributed by atoms with van der Waals surface area (Å²) in [5.74, 6) is -0.668. The second-order valence-electron chi connectivity index (χ2n) is 3.22. The molecule has 1 N–H and O–H groups in total. The summed E-state index contributed by atoms with van der Waals surface area (Å²) in [6.45, 7) is 2.38. The smallest absolute Gasteiger partial charge is 0.302 e. The Balaban J connectivity index is 2.34. The SMILES string of the molecule is CC(=O)OCCNCc1c(F)cccc1Cl. The Hall–Kier alpha value is -1.13. The lowest BCUT2D eigenvalue weighted by molar-refractivity contribution is -0.140. The number of benzene rings is 1. The van der Waals surface area contributed by atoms with Gasteiger partial charge in [-0.05, 0) is 12.1 Å². The van der Waals surface area contributed by atoms with Gasteiger partial charge in [-0.15, -0.1) is 0 Å². The molecule has 0 aliphatic heterocycles. The lowest BCUT2D eigenvalue weighted by Gasteiger charge is -2.07. The van der Waals surface area contributed by atoms with E-state index in [4.69, 9.17) is 16.3 Å². The molecule has 0 aliphatic carbocycles. The second-order valence-corrected chi connectivity index (χ2v) is 3.62. The number of rotatable bonds is 5. The average Bonchev–Trinajstić information content (AvgIpc) is 2.21. The summed E-state index contributed by atoms with van der Waals surface area (Å²) in [5, 5.41) is 3.33. The number of hydrogen-bond acceptors (Lipinski definition) is 3. The van der Waals surface area contributed by atoms with E-state index in [1.54, 1.807) is 12.1 Å². The minimum atomic E-state index is -0.340. The van der Waals surface area contributed by atoms with Crippen molar-refractivity contribution in [1.82, 2.24) is 5.32 Å². The molecule has 1 aromatic rings. The summed E-state index contributed by atoms with van der Waals surface area (Å²) in [6.07, 6.45) is 0. The van der Waals surface area contributed by atoms with Crippen LogP contribution in [0.3, 0.4) is 0 Å². The number of ether oxygens (including phenoxy) is 1. The molecule has 1 rings (SSSR count). The third-order valence-electron chi connectivity index (χ3n) is 1.95. The third-order valence-corrected chi connectivity index (χ3v) is 2.30. The maximum atomic E-state index is 13.3. The minimum absolute atomic E-state index is 0.265. The first kappa shape index (κ1) is 12.9. The van der Waals surface area contributed by atoms with Gasteiger partial charge in [-0.25, -0.2) is 4.39 Å². The summed E-state index contributed by atoms with van der Waals surface area (Å²) in [6, 6.07) is 4.54. The molecule has 88 valence electrons. The Morgan fingerprint density at radius 2 is 2.31 bits per heavy atom. The largest absolute Gasteiger partial charge is 0.465 e.